The van der Waals surface area contributed by atoms with Crippen LogP contribution in [0.25, 0.3) is 0 Å². The van der Waals surface area contributed by atoms with E-state index < -0.39 is 5.78 Å². The van der Waals surface area contributed by atoms with E-state index in [1.807, 2.05) is 12.1 Å². The highest BCUT2D eigenvalue weighted by Crippen LogP contribution is 2.13. The van der Waals surface area contributed by atoms with Crippen molar-refractivity contribution >= 4 is 11.6 Å². The third-order valence-electron chi connectivity index (χ3n) is 1.98. The van der Waals surface area contributed by atoms with E-state index in [-0.39, 0.29) is 23.3 Å². The van der Waals surface area contributed by atoms with Gasteiger partial charge in [-0.1, -0.05) is 0 Å². The zero-order chi connectivity index (χ0) is 12.1. The van der Waals surface area contributed by atoms with Crippen LogP contribution in [-0.2, 0) is 4.79 Å². The summed E-state index contributed by atoms with van der Waals surface area (Å²) in [7, 11) is 0. The van der Waals surface area contributed by atoms with E-state index in [9.17, 15) is 9.59 Å². The molecule has 0 amide bonds. The summed E-state index contributed by atoms with van der Waals surface area (Å²) < 4.78 is 0. The molecular formula is C12H8N2O2. The predicted molar refractivity (Wildman–Crippen MR) is 55.5 cm³/mol. The molecule has 0 radical (unpaired) electrons. The average Bonchev–Trinajstić information content (AvgIpc) is 2.27. The Kier molecular flexibility index (Phi) is 3.53. The van der Waals surface area contributed by atoms with Crippen molar-refractivity contribution in [3.05, 3.63) is 34.9 Å². The van der Waals surface area contributed by atoms with Gasteiger partial charge in [-0.25, -0.2) is 0 Å². The van der Waals surface area contributed by atoms with E-state index >= 15 is 0 Å². The second-order valence-electron chi connectivity index (χ2n) is 3.29. The molecule has 16 heavy (non-hydrogen) atoms. The molecule has 0 saturated heterocycles. The van der Waals surface area contributed by atoms with Gasteiger partial charge < -0.3 is 0 Å². The van der Waals surface area contributed by atoms with Gasteiger partial charge in [-0.3, -0.25) is 9.59 Å². The molecule has 0 atom stereocenters. The van der Waals surface area contributed by atoms with E-state index in [4.69, 9.17) is 10.5 Å². The Labute approximate surface area is 92.7 Å². The summed E-state index contributed by atoms with van der Waals surface area (Å²) >= 11 is 0. The number of ketones is 2. The number of nitrogens with zero attached hydrogens (tertiary/aromatic N) is 2. The van der Waals surface area contributed by atoms with Crippen molar-refractivity contribution in [1.82, 2.24) is 0 Å². The van der Waals surface area contributed by atoms with Crippen molar-refractivity contribution in [2.24, 2.45) is 0 Å². The number of Topliss-reactive ketones (excluding diaryl/α,β-unsaturated/α-hetero) is 2. The van der Waals surface area contributed by atoms with E-state index in [1.165, 1.54) is 25.1 Å². The number of hydrogen-bond acceptors (Lipinski definition) is 4. The molecule has 0 bridgehead atoms. The van der Waals surface area contributed by atoms with Gasteiger partial charge in [0.2, 0.25) is 0 Å². The molecule has 0 aliphatic carbocycles. The van der Waals surface area contributed by atoms with Crippen molar-refractivity contribution in [3.8, 4) is 12.1 Å². The first-order chi connectivity index (χ1) is 7.58. The summed E-state index contributed by atoms with van der Waals surface area (Å²) in [5.74, 6) is -0.697. The summed E-state index contributed by atoms with van der Waals surface area (Å²) in [6, 6.07) is 7.95. The lowest BCUT2D eigenvalue weighted by molar-refractivity contribution is -0.116. The summed E-state index contributed by atoms with van der Waals surface area (Å²) in [4.78, 5) is 22.4. The molecule has 0 aromatic heterocycles. The second-order valence-corrected chi connectivity index (χ2v) is 3.29. The third-order valence-corrected chi connectivity index (χ3v) is 1.98. The van der Waals surface area contributed by atoms with Crippen molar-refractivity contribution < 1.29 is 9.59 Å². The molecular weight excluding hydrogens is 204 g/mol. The molecule has 4 nitrogen and oxygen atoms in total. The number of benzene rings is 1. The summed E-state index contributed by atoms with van der Waals surface area (Å²) in [6.07, 6.45) is -0.246. The average molecular weight is 212 g/mol. The molecule has 78 valence electrons. The van der Waals surface area contributed by atoms with E-state index in [0.29, 0.717) is 5.56 Å². The van der Waals surface area contributed by atoms with Gasteiger partial charge in [-0.05, 0) is 25.1 Å². The lowest BCUT2D eigenvalue weighted by Gasteiger charge is -2.01. The highest BCUT2D eigenvalue weighted by molar-refractivity contribution is 6.08. The van der Waals surface area contributed by atoms with Gasteiger partial charge in [0.05, 0.1) is 29.7 Å². The molecule has 0 heterocycles. The molecule has 0 aliphatic heterocycles. The fourth-order valence-electron chi connectivity index (χ4n) is 1.26. The van der Waals surface area contributed by atoms with Gasteiger partial charge in [0, 0.05) is 5.56 Å². The Morgan fingerprint density at radius 3 is 2.44 bits per heavy atom. The lowest BCUT2D eigenvalue weighted by Crippen LogP contribution is -2.07. The Hall–Kier alpha value is -2.46. The van der Waals surface area contributed by atoms with Crippen LogP contribution in [0.1, 0.15) is 34.8 Å². The number of rotatable bonds is 3. The minimum Gasteiger partial charge on any atom is -0.300 e. The third kappa shape index (κ3) is 2.52. The minimum absolute atomic E-state index is 0.136. The summed E-state index contributed by atoms with van der Waals surface area (Å²) in [6.45, 7) is 1.30. The highest BCUT2D eigenvalue weighted by atomic mass is 16.1. The highest BCUT2D eigenvalue weighted by Gasteiger charge is 2.13. The van der Waals surface area contributed by atoms with Crippen molar-refractivity contribution in [3.63, 3.8) is 0 Å². The zero-order valence-electron chi connectivity index (χ0n) is 8.65. The van der Waals surface area contributed by atoms with Crippen LogP contribution in [0.2, 0.25) is 0 Å². The van der Waals surface area contributed by atoms with Crippen LogP contribution in [0.4, 0.5) is 0 Å². The molecule has 1 aromatic rings. The van der Waals surface area contributed by atoms with E-state index in [2.05, 4.69) is 0 Å². The Morgan fingerprint density at radius 2 is 1.94 bits per heavy atom. The Morgan fingerprint density at radius 1 is 1.25 bits per heavy atom. The van der Waals surface area contributed by atoms with Crippen LogP contribution in [0.15, 0.2) is 18.2 Å². The largest absolute Gasteiger partial charge is 0.300 e. The monoisotopic (exact) mass is 212 g/mol. The first kappa shape index (κ1) is 11.6. The lowest BCUT2D eigenvalue weighted by atomic mass is 9.99. The molecule has 0 saturated carbocycles. The molecule has 4 heteroatoms. The van der Waals surface area contributed by atoms with Gasteiger partial charge in [-0.15, -0.1) is 0 Å². The SMILES string of the molecule is CC(=O)CC(=O)c1cc(C#N)ccc1C#N. The number of carbonyl (C=O) groups is 2. The molecule has 0 fully saturated rings. The van der Waals surface area contributed by atoms with Gasteiger partial charge in [0.25, 0.3) is 0 Å². The zero-order valence-corrected chi connectivity index (χ0v) is 8.65. The molecule has 0 unspecified atom stereocenters. The van der Waals surface area contributed by atoms with Crippen LogP contribution in [-0.4, -0.2) is 11.6 Å². The molecule has 0 N–H and O–H groups in total. The smallest absolute Gasteiger partial charge is 0.171 e. The van der Waals surface area contributed by atoms with Crippen LogP contribution in [0.3, 0.4) is 0 Å². The van der Waals surface area contributed by atoms with Crippen LogP contribution < -0.4 is 0 Å². The predicted octanol–water partition coefficient (Wildman–Crippen LogP) is 1.59. The van der Waals surface area contributed by atoms with Gasteiger partial charge in [-0.2, -0.15) is 10.5 Å². The quantitative estimate of drug-likeness (QED) is 0.562. The maximum atomic E-state index is 11.6. The van der Waals surface area contributed by atoms with E-state index in [0.717, 1.165) is 0 Å². The number of carbonyl (C=O) groups excluding carboxylic acids is 2. The van der Waals surface area contributed by atoms with Crippen molar-refractivity contribution in [2.45, 2.75) is 13.3 Å². The van der Waals surface area contributed by atoms with Gasteiger partial charge >= 0.3 is 0 Å². The maximum absolute atomic E-state index is 11.6. The first-order valence-corrected chi connectivity index (χ1v) is 4.55. The summed E-state index contributed by atoms with van der Waals surface area (Å²) in [5, 5.41) is 17.5. The number of hydrogen-bond donors (Lipinski definition) is 0. The molecule has 0 aliphatic rings. The van der Waals surface area contributed by atoms with Crippen molar-refractivity contribution in [2.75, 3.05) is 0 Å². The topological polar surface area (TPSA) is 81.7 Å². The minimum atomic E-state index is -0.429. The standard InChI is InChI=1S/C12H8N2O2/c1-8(15)4-12(16)11-5-9(6-13)2-3-10(11)7-14/h2-3,5H,4H2,1H3. The fourth-order valence-corrected chi connectivity index (χ4v) is 1.26. The Bertz CT molecular complexity index is 533. The van der Waals surface area contributed by atoms with Crippen molar-refractivity contribution in [1.29, 1.82) is 10.5 Å². The van der Waals surface area contributed by atoms with Crippen LogP contribution in [0, 0.1) is 22.7 Å². The molecule has 1 aromatic carbocycles. The van der Waals surface area contributed by atoms with E-state index in [1.54, 1.807) is 0 Å². The van der Waals surface area contributed by atoms with Crippen LogP contribution in [0.5, 0.6) is 0 Å². The van der Waals surface area contributed by atoms with Gasteiger partial charge in [0.15, 0.2) is 5.78 Å². The molecule has 0 spiro atoms. The van der Waals surface area contributed by atoms with Crippen LogP contribution >= 0.6 is 0 Å². The first-order valence-electron chi connectivity index (χ1n) is 4.55. The molecule has 1 rings (SSSR count). The van der Waals surface area contributed by atoms with Gasteiger partial charge in [0.1, 0.15) is 5.78 Å². The fraction of sp³-hybridized carbons (Fsp3) is 0.167. The Balaban J connectivity index is 3.21. The summed E-state index contributed by atoms with van der Waals surface area (Å²) in [5.41, 5.74) is 0.618. The normalized spacial score (nSPS) is 8.94. The number of nitriles is 2. The maximum Gasteiger partial charge on any atom is 0.171 e. The second kappa shape index (κ2) is 4.86.